The first-order valence-corrected chi connectivity index (χ1v) is 5.06. The summed E-state index contributed by atoms with van der Waals surface area (Å²) in [5.41, 5.74) is 0.630. The lowest BCUT2D eigenvalue weighted by molar-refractivity contribution is 0.540. The van der Waals surface area contributed by atoms with Gasteiger partial charge in [0, 0.05) is 0 Å². The van der Waals surface area contributed by atoms with Crippen LogP contribution in [-0.2, 0) is 0 Å². The Balaban J connectivity index is 3.81. The van der Waals surface area contributed by atoms with Gasteiger partial charge in [0.2, 0.25) is 0 Å². The molecule has 0 N–H and O–H groups in total. The van der Waals surface area contributed by atoms with Crippen molar-refractivity contribution in [2.45, 2.75) is 48.0 Å². The van der Waals surface area contributed by atoms with E-state index in [0.717, 1.165) is 6.42 Å². The van der Waals surface area contributed by atoms with Crippen LogP contribution in [0.4, 0.5) is 0 Å². The zero-order chi connectivity index (χ0) is 10.5. The summed E-state index contributed by atoms with van der Waals surface area (Å²) in [6.07, 6.45) is 10.1. The quantitative estimate of drug-likeness (QED) is 0.546. The molecule has 0 nitrogen and oxygen atoms in total. The molecular weight excluding hydrogens is 156 g/mol. The van der Waals surface area contributed by atoms with Crippen LogP contribution in [0.25, 0.3) is 0 Å². The van der Waals surface area contributed by atoms with Gasteiger partial charge in [-0.3, -0.25) is 0 Å². The van der Waals surface area contributed by atoms with E-state index in [-0.39, 0.29) is 0 Å². The van der Waals surface area contributed by atoms with Crippen molar-refractivity contribution in [2.24, 2.45) is 10.8 Å². The molecule has 0 unspecified atom stereocenters. The van der Waals surface area contributed by atoms with Crippen molar-refractivity contribution >= 4 is 0 Å². The first kappa shape index (κ1) is 12.5. The summed E-state index contributed by atoms with van der Waals surface area (Å²) < 4.78 is 0. The van der Waals surface area contributed by atoms with Crippen molar-refractivity contribution in [3.63, 3.8) is 0 Å². The monoisotopic (exact) mass is 180 g/mol. The standard InChI is InChI=1S/C13H24/c1-12(2,3)10-8-7-9-11-13(4,5)6/h8-11H,7H2,1-6H3/b10-8-,11-9-. The van der Waals surface area contributed by atoms with E-state index in [1.807, 2.05) is 0 Å². The number of hydrogen-bond donors (Lipinski definition) is 0. The zero-order valence-corrected chi connectivity index (χ0v) is 10.0. The summed E-state index contributed by atoms with van der Waals surface area (Å²) in [5, 5.41) is 0. The molecule has 0 radical (unpaired) electrons. The number of rotatable bonds is 2. The SMILES string of the molecule is CC(C)(C)/C=C\C/C=C\C(C)(C)C. The summed E-state index contributed by atoms with van der Waals surface area (Å²) >= 11 is 0. The molecule has 76 valence electrons. The summed E-state index contributed by atoms with van der Waals surface area (Å²) in [7, 11) is 0. The average molecular weight is 180 g/mol. The lowest BCUT2D eigenvalue weighted by Crippen LogP contribution is -1.99. The summed E-state index contributed by atoms with van der Waals surface area (Å²) in [5.74, 6) is 0. The van der Waals surface area contributed by atoms with E-state index < -0.39 is 0 Å². The van der Waals surface area contributed by atoms with Gasteiger partial charge >= 0.3 is 0 Å². The minimum absolute atomic E-state index is 0.315. The second-order valence-electron chi connectivity index (χ2n) is 5.77. The van der Waals surface area contributed by atoms with Crippen LogP contribution in [0.3, 0.4) is 0 Å². The van der Waals surface area contributed by atoms with Crippen LogP contribution in [0.15, 0.2) is 24.3 Å². The van der Waals surface area contributed by atoms with Crippen LogP contribution in [0.1, 0.15) is 48.0 Å². The normalized spacial score (nSPS) is 14.6. The predicted octanol–water partition coefficient (Wildman–Crippen LogP) is 4.58. The Labute approximate surface area is 83.7 Å². The molecule has 0 aliphatic heterocycles. The molecule has 0 heterocycles. The Morgan fingerprint density at radius 3 is 1.23 bits per heavy atom. The molecule has 0 aromatic rings. The Hall–Kier alpha value is -0.520. The zero-order valence-electron chi connectivity index (χ0n) is 10.0. The van der Waals surface area contributed by atoms with Crippen molar-refractivity contribution in [1.29, 1.82) is 0 Å². The molecule has 0 rings (SSSR count). The lowest BCUT2D eigenvalue weighted by atomic mass is 9.94. The molecule has 0 amide bonds. The highest BCUT2D eigenvalue weighted by atomic mass is 14.1. The van der Waals surface area contributed by atoms with E-state index in [2.05, 4.69) is 65.8 Å². The summed E-state index contributed by atoms with van der Waals surface area (Å²) in [4.78, 5) is 0. The Bertz CT molecular complexity index is 159. The fraction of sp³-hybridized carbons (Fsp3) is 0.692. The number of hydrogen-bond acceptors (Lipinski definition) is 0. The highest BCUT2D eigenvalue weighted by molar-refractivity contribution is 5.00. The van der Waals surface area contributed by atoms with Gasteiger partial charge in [-0.05, 0) is 17.3 Å². The Morgan fingerprint density at radius 1 is 0.692 bits per heavy atom. The second kappa shape index (κ2) is 4.64. The molecule has 0 bridgehead atoms. The van der Waals surface area contributed by atoms with Gasteiger partial charge in [0.1, 0.15) is 0 Å². The van der Waals surface area contributed by atoms with E-state index in [9.17, 15) is 0 Å². The van der Waals surface area contributed by atoms with Crippen LogP contribution in [0, 0.1) is 10.8 Å². The maximum absolute atomic E-state index is 2.26. The first-order valence-electron chi connectivity index (χ1n) is 5.06. The molecular formula is C13H24. The molecule has 0 spiro atoms. The molecule has 0 aliphatic rings. The van der Waals surface area contributed by atoms with E-state index in [4.69, 9.17) is 0 Å². The third-order valence-electron chi connectivity index (χ3n) is 1.51. The average Bonchev–Trinajstić information content (AvgIpc) is 1.81. The maximum Gasteiger partial charge on any atom is -0.0169 e. The van der Waals surface area contributed by atoms with Crippen LogP contribution >= 0.6 is 0 Å². The Kier molecular flexibility index (Phi) is 4.46. The van der Waals surface area contributed by atoms with Gasteiger partial charge in [0.05, 0.1) is 0 Å². The van der Waals surface area contributed by atoms with Crippen LogP contribution in [0.2, 0.25) is 0 Å². The van der Waals surface area contributed by atoms with Gasteiger partial charge in [0.25, 0.3) is 0 Å². The largest absolute Gasteiger partial charge is 0.0842 e. The van der Waals surface area contributed by atoms with Crippen molar-refractivity contribution in [1.82, 2.24) is 0 Å². The molecule has 0 saturated heterocycles. The van der Waals surface area contributed by atoms with Crippen molar-refractivity contribution in [3.8, 4) is 0 Å². The molecule has 0 aromatic carbocycles. The van der Waals surface area contributed by atoms with Crippen LogP contribution in [-0.4, -0.2) is 0 Å². The maximum atomic E-state index is 2.26. The topological polar surface area (TPSA) is 0 Å². The lowest BCUT2D eigenvalue weighted by Gasteiger charge is -2.11. The van der Waals surface area contributed by atoms with Crippen molar-refractivity contribution in [2.75, 3.05) is 0 Å². The van der Waals surface area contributed by atoms with Gasteiger partial charge in [-0.1, -0.05) is 65.8 Å². The summed E-state index contributed by atoms with van der Waals surface area (Å²) in [6, 6.07) is 0. The molecule has 0 heteroatoms. The van der Waals surface area contributed by atoms with Crippen LogP contribution < -0.4 is 0 Å². The molecule has 0 atom stereocenters. The third kappa shape index (κ3) is 11.5. The predicted molar refractivity (Wildman–Crippen MR) is 61.8 cm³/mol. The number of allylic oxidation sites excluding steroid dienone is 4. The van der Waals surface area contributed by atoms with Gasteiger partial charge in [-0.2, -0.15) is 0 Å². The molecule has 0 fully saturated rings. The molecule has 13 heavy (non-hydrogen) atoms. The molecule has 0 aromatic heterocycles. The van der Waals surface area contributed by atoms with E-state index in [0.29, 0.717) is 10.8 Å². The van der Waals surface area contributed by atoms with E-state index >= 15 is 0 Å². The van der Waals surface area contributed by atoms with Crippen LogP contribution in [0.5, 0.6) is 0 Å². The van der Waals surface area contributed by atoms with Gasteiger partial charge in [-0.25, -0.2) is 0 Å². The highest BCUT2D eigenvalue weighted by Crippen LogP contribution is 2.16. The van der Waals surface area contributed by atoms with E-state index in [1.165, 1.54) is 0 Å². The third-order valence-corrected chi connectivity index (χ3v) is 1.51. The second-order valence-corrected chi connectivity index (χ2v) is 5.77. The minimum Gasteiger partial charge on any atom is -0.0842 e. The fourth-order valence-corrected chi connectivity index (χ4v) is 0.922. The highest BCUT2D eigenvalue weighted by Gasteiger charge is 2.03. The smallest absolute Gasteiger partial charge is 0.0169 e. The minimum atomic E-state index is 0.315. The van der Waals surface area contributed by atoms with Crippen molar-refractivity contribution < 1.29 is 0 Å². The van der Waals surface area contributed by atoms with E-state index in [1.54, 1.807) is 0 Å². The molecule has 0 aliphatic carbocycles. The first-order chi connectivity index (χ1) is 5.71. The van der Waals surface area contributed by atoms with Gasteiger partial charge < -0.3 is 0 Å². The summed E-state index contributed by atoms with van der Waals surface area (Å²) in [6.45, 7) is 13.3. The van der Waals surface area contributed by atoms with Crippen molar-refractivity contribution in [3.05, 3.63) is 24.3 Å². The molecule has 0 saturated carbocycles. The Morgan fingerprint density at radius 2 is 1.00 bits per heavy atom. The fourth-order valence-electron chi connectivity index (χ4n) is 0.922. The van der Waals surface area contributed by atoms with Gasteiger partial charge in [-0.15, -0.1) is 0 Å². The van der Waals surface area contributed by atoms with Gasteiger partial charge in [0.15, 0.2) is 0 Å².